The van der Waals surface area contributed by atoms with Gasteiger partial charge in [-0.15, -0.1) is 0 Å². The van der Waals surface area contributed by atoms with E-state index in [9.17, 15) is 4.39 Å². The van der Waals surface area contributed by atoms with Gasteiger partial charge in [-0.05, 0) is 50.1 Å². The first-order chi connectivity index (χ1) is 9.99. The van der Waals surface area contributed by atoms with Crippen LogP contribution in [-0.2, 0) is 6.42 Å². The average molecular weight is 306 g/mol. The van der Waals surface area contributed by atoms with Gasteiger partial charge < -0.3 is 5.32 Å². The topological polar surface area (TPSA) is 12.0 Å². The van der Waals surface area contributed by atoms with Gasteiger partial charge in [-0.25, -0.2) is 4.39 Å². The van der Waals surface area contributed by atoms with Crippen molar-refractivity contribution in [1.29, 1.82) is 0 Å². The van der Waals surface area contributed by atoms with Crippen molar-refractivity contribution in [2.24, 2.45) is 0 Å². The molecular weight excluding hydrogens is 285 g/mol. The summed E-state index contributed by atoms with van der Waals surface area (Å²) in [6, 6.07) is 11.3. The summed E-state index contributed by atoms with van der Waals surface area (Å²) in [5.41, 5.74) is 4.70. The van der Waals surface area contributed by atoms with Gasteiger partial charge in [0, 0.05) is 11.1 Å². The molecule has 112 valence electrons. The fraction of sp³-hybridized carbons (Fsp3) is 0.333. The molecule has 0 amide bonds. The molecule has 0 heterocycles. The van der Waals surface area contributed by atoms with Crippen LogP contribution in [0.1, 0.15) is 35.2 Å². The number of hydrogen-bond donors (Lipinski definition) is 1. The Labute approximate surface area is 131 Å². The fourth-order valence-corrected chi connectivity index (χ4v) is 2.92. The van der Waals surface area contributed by atoms with Gasteiger partial charge in [0.25, 0.3) is 0 Å². The Hall–Kier alpha value is -1.38. The second-order valence-corrected chi connectivity index (χ2v) is 5.88. The number of aryl methyl sites for hydroxylation is 2. The summed E-state index contributed by atoms with van der Waals surface area (Å²) in [5.74, 6) is -0.296. The van der Waals surface area contributed by atoms with Gasteiger partial charge in [0.15, 0.2) is 0 Å². The van der Waals surface area contributed by atoms with Crippen LogP contribution in [0.15, 0.2) is 36.4 Å². The quantitative estimate of drug-likeness (QED) is 0.820. The number of hydrogen-bond acceptors (Lipinski definition) is 1. The van der Waals surface area contributed by atoms with Gasteiger partial charge in [0.1, 0.15) is 5.82 Å². The van der Waals surface area contributed by atoms with Gasteiger partial charge in [-0.2, -0.15) is 0 Å². The van der Waals surface area contributed by atoms with Gasteiger partial charge >= 0.3 is 0 Å². The molecule has 0 aliphatic carbocycles. The Morgan fingerprint density at radius 2 is 1.76 bits per heavy atom. The van der Waals surface area contributed by atoms with E-state index in [2.05, 4.69) is 44.3 Å². The summed E-state index contributed by atoms with van der Waals surface area (Å²) in [6.07, 6.45) is 0.746. The summed E-state index contributed by atoms with van der Waals surface area (Å²) < 4.78 is 13.2. The fourth-order valence-electron chi connectivity index (χ4n) is 2.67. The lowest BCUT2D eigenvalue weighted by Crippen LogP contribution is -2.23. The third-order valence-corrected chi connectivity index (χ3v) is 3.89. The standard InChI is InChI=1S/C18H21ClFN/c1-4-21-18(15-8-12(2)7-13(3)9-15)10-14-5-6-16(20)11-17(14)19/h5-9,11,18,21H,4,10H2,1-3H3. The molecule has 2 aromatic rings. The van der Waals surface area contributed by atoms with Crippen molar-refractivity contribution in [2.75, 3.05) is 6.54 Å². The molecule has 1 atom stereocenters. The van der Waals surface area contributed by atoms with Crippen LogP contribution in [0, 0.1) is 19.7 Å². The molecule has 0 saturated heterocycles. The number of halogens is 2. The molecule has 1 unspecified atom stereocenters. The molecule has 0 fully saturated rings. The second kappa shape index (κ2) is 7.06. The van der Waals surface area contributed by atoms with Crippen LogP contribution in [0.4, 0.5) is 4.39 Å². The van der Waals surface area contributed by atoms with Crippen LogP contribution < -0.4 is 5.32 Å². The van der Waals surface area contributed by atoms with Crippen LogP contribution in [-0.4, -0.2) is 6.54 Å². The van der Waals surface area contributed by atoms with Gasteiger partial charge in [-0.1, -0.05) is 53.9 Å². The molecule has 2 rings (SSSR count). The lowest BCUT2D eigenvalue weighted by atomic mass is 9.96. The molecule has 0 aromatic heterocycles. The van der Waals surface area contributed by atoms with Crippen molar-refractivity contribution in [3.05, 3.63) is 69.5 Å². The molecule has 0 bridgehead atoms. The van der Waals surface area contributed by atoms with E-state index in [4.69, 9.17) is 11.6 Å². The number of rotatable bonds is 5. The first-order valence-electron chi connectivity index (χ1n) is 7.25. The van der Waals surface area contributed by atoms with Crippen LogP contribution >= 0.6 is 11.6 Å². The minimum Gasteiger partial charge on any atom is -0.310 e. The molecular formula is C18H21ClFN. The highest BCUT2D eigenvalue weighted by molar-refractivity contribution is 6.31. The molecule has 0 aliphatic rings. The average Bonchev–Trinajstić information content (AvgIpc) is 2.40. The van der Waals surface area contributed by atoms with Gasteiger partial charge in [0.2, 0.25) is 0 Å². The van der Waals surface area contributed by atoms with Crippen molar-refractivity contribution in [1.82, 2.24) is 5.32 Å². The Balaban J connectivity index is 2.30. The Kier molecular flexibility index (Phi) is 5.38. The normalized spacial score (nSPS) is 12.4. The summed E-state index contributed by atoms with van der Waals surface area (Å²) in [7, 11) is 0. The van der Waals surface area contributed by atoms with Gasteiger partial charge in [0.05, 0.1) is 0 Å². The van der Waals surface area contributed by atoms with E-state index < -0.39 is 0 Å². The maximum Gasteiger partial charge on any atom is 0.124 e. The van der Waals surface area contributed by atoms with Crippen molar-refractivity contribution in [2.45, 2.75) is 33.2 Å². The SMILES string of the molecule is CCNC(Cc1ccc(F)cc1Cl)c1cc(C)cc(C)c1. The Morgan fingerprint density at radius 3 is 2.33 bits per heavy atom. The van der Waals surface area contributed by atoms with Crippen LogP contribution in [0.25, 0.3) is 0 Å². The highest BCUT2D eigenvalue weighted by Gasteiger charge is 2.14. The maximum atomic E-state index is 13.2. The predicted molar refractivity (Wildman–Crippen MR) is 87.4 cm³/mol. The van der Waals surface area contributed by atoms with E-state index in [1.165, 1.54) is 28.8 Å². The van der Waals surface area contributed by atoms with E-state index >= 15 is 0 Å². The van der Waals surface area contributed by atoms with Gasteiger partial charge in [-0.3, -0.25) is 0 Å². The number of nitrogens with one attached hydrogen (secondary N) is 1. The Bertz CT molecular complexity index is 604. The van der Waals surface area contributed by atoms with E-state index in [1.807, 2.05) is 0 Å². The van der Waals surface area contributed by atoms with Crippen molar-refractivity contribution >= 4 is 11.6 Å². The molecule has 21 heavy (non-hydrogen) atoms. The van der Waals surface area contributed by atoms with Crippen molar-refractivity contribution in [3.63, 3.8) is 0 Å². The summed E-state index contributed by atoms with van der Waals surface area (Å²) >= 11 is 6.16. The van der Waals surface area contributed by atoms with Crippen LogP contribution in [0.3, 0.4) is 0 Å². The number of likely N-dealkylation sites (N-methyl/N-ethyl adjacent to an activating group) is 1. The highest BCUT2D eigenvalue weighted by atomic mass is 35.5. The predicted octanol–water partition coefficient (Wildman–Crippen LogP) is 4.99. The number of benzene rings is 2. The van der Waals surface area contributed by atoms with Crippen molar-refractivity contribution in [3.8, 4) is 0 Å². The second-order valence-electron chi connectivity index (χ2n) is 5.47. The molecule has 0 saturated carbocycles. The largest absolute Gasteiger partial charge is 0.310 e. The van der Waals surface area contributed by atoms with E-state index in [0.29, 0.717) is 5.02 Å². The minimum atomic E-state index is -0.296. The van der Waals surface area contributed by atoms with E-state index in [1.54, 1.807) is 6.07 Å². The first-order valence-corrected chi connectivity index (χ1v) is 7.63. The first kappa shape index (κ1) is 16.0. The smallest absolute Gasteiger partial charge is 0.124 e. The summed E-state index contributed by atoms with van der Waals surface area (Å²) in [6.45, 7) is 7.16. The molecule has 3 heteroatoms. The monoisotopic (exact) mass is 305 g/mol. The van der Waals surface area contributed by atoms with Crippen LogP contribution in [0.2, 0.25) is 5.02 Å². The van der Waals surface area contributed by atoms with E-state index in [-0.39, 0.29) is 11.9 Å². The molecule has 1 nitrogen and oxygen atoms in total. The molecule has 0 spiro atoms. The maximum absolute atomic E-state index is 13.2. The van der Waals surface area contributed by atoms with Crippen LogP contribution in [0.5, 0.6) is 0 Å². The lowest BCUT2D eigenvalue weighted by Gasteiger charge is -2.20. The molecule has 1 N–H and O–H groups in total. The third kappa shape index (κ3) is 4.29. The Morgan fingerprint density at radius 1 is 1.10 bits per heavy atom. The zero-order chi connectivity index (χ0) is 15.4. The molecule has 0 radical (unpaired) electrons. The zero-order valence-electron chi connectivity index (χ0n) is 12.7. The minimum absolute atomic E-state index is 0.177. The summed E-state index contributed by atoms with van der Waals surface area (Å²) in [4.78, 5) is 0. The van der Waals surface area contributed by atoms with E-state index in [0.717, 1.165) is 18.5 Å². The van der Waals surface area contributed by atoms with Crippen molar-refractivity contribution < 1.29 is 4.39 Å². The molecule has 2 aromatic carbocycles. The highest BCUT2D eigenvalue weighted by Crippen LogP contribution is 2.25. The lowest BCUT2D eigenvalue weighted by molar-refractivity contribution is 0.548. The zero-order valence-corrected chi connectivity index (χ0v) is 13.5. The summed E-state index contributed by atoms with van der Waals surface area (Å²) in [5, 5.41) is 3.98. The third-order valence-electron chi connectivity index (χ3n) is 3.54. The molecule has 0 aliphatic heterocycles.